The molecule has 2 N–H and O–H groups in total. The summed E-state index contributed by atoms with van der Waals surface area (Å²) < 4.78 is 37.3. The van der Waals surface area contributed by atoms with Crippen LogP contribution in [0.25, 0.3) is 0 Å². The molecule has 0 saturated carbocycles. The zero-order valence-electron chi connectivity index (χ0n) is 7.46. The predicted octanol–water partition coefficient (Wildman–Crippen LogP) is 1.47. The minimum atomic E-state index is -1.32. The van der Waals surface area contributed by atoms with Gasteiger partial charge >= 0.3 is 0 Å². The Bertz CT molecular complexity index is 422. The second-order valence-corrected chi connectivity index (χ2v) is 5.11. The molecular formula is C9H9F2NOS. The number of hydrogen-bond acceptors (Lipinski definition) is 2. The van der Waals surface area contributed by atoms with Crippen molar-refractivity contribution in [2.24, 2.45) is 5.73 Å². The molecule has 0 fully saturated rings. The van der Waals surface area contributed by atoms with Crippen LogP contribution in [0.3, 0.4) is 0 Å². The number of nitrogens with two attached hydrogens (primary N) is 1. The quantitative estimate of drug-likeness (QED) is 0.715. The Labute approximate surface area is 82.6 Å². The third-order valence-corrected chi connectivity index (χ3v) is 4.23. The minimum absolute atomic E-state index is 0.286. The number of benzene rings is 1. The molecule has 1 aliphatic rings. The lowest BCUT2D eigenvalue weighted by Gasteiger charge is -2.07. The Morgan fingerprint density at radius 2 is 1.93 bits per heavy atom. The van der Waals surface area contributed by atoms with Crippen molar-refractivity contribution in [1.82, 2.24) is 0 Å². The van der Waals surface area contributed by atoms with E-state index in [9.17, 15) is 13.0 Å². The molecule has 1 aromatic carbocycles. The minimum Gasteiger partial charge on any atom is -0.323 e. The van der Waals surface area contributed by atoms with Crippen LogP contribution in [-0.4, -0.2) is 9.46 Å². The van der Waals surface area contributed by atoms with Gasteiger partial charge in [-0.2, -0.15) is 0 Å². The van der Waals surface area contributed by atoms with Crippen LogP contribution < -0.4 is 5.73 Å². The van der Waals surface area contributed by atoms with E-state index in [1.54, 1.807) is 6.92 Å². The third kappa shape index (κ3) is 1.19. The van der Waals surface area contributed by atoms with Crippen molar-refractivity contribution in [2.45, 2.75) is 23.1 Å². The van der Waals surface area contributed by atoms with Crippen molar-refractivity contribution in [3.8, 4) is 0 Å². The molecule has 0 saturated heterocycles. The smallest absolute Gasteiger partial charge is 0.160 e. The van der Waals surface area contributed by atoms with Crippen molar-refractivity contribution in [2.75, 3.05) is 0 Å². The predicted molar refractivity (Wildman–Crippen MR) is 49.2 cm³/mol. The number of halogens is 2. The van der Waals surface area contributed by atoms with Crippen LogP contribution in [0.15, 0.2) is 17.0 Å². The number of hydrogen-bond donors (Lipinski definition) is 1. The molecule has 0 aromatic heterocycles. The van der Waals surface area contributed by atoms with Crippen LogP contribution in [0.5, 0.6) is 0 Å². The standard InChI is InChI=1S/C9H9F2NOS/c1-4-9(12)5-2-6(10)7(11)3-8(5)14(4)13/h2-4,9H,12H2,1H3. The van der Waals surface area contributed by atoms with Gasteiger partial charge in [0.2, 0.25) is 0 Å². The molecule has 0 bridgehead atoms. The van der Waals surface area contributed by atoms with Crippen molar-refractivity contribution < 1.29 is 13.0 Å². The maximum Gasteiger partial charge on any atom is 0.160 e. The molecule has 0 radical (unpaired) electrons. The van der Waals surface area contributed by atoms with Gasteiger partial charge in [0, 0.05) is 10.9 Å². The van der Waals surface area contributed by atoms with Crippen LogP contribution in [0.4, 0.5) is 8.78 Å². The molecule has 1 aliphatic heterocycles. The Morgan fingerprint density at radius 3 is 2.57 bits per heavy atom. The summed E-state index contributed by atoms with van der Waals surface area (Å²) in [7, 11) is -1.32. The lowest BCUT2D eigenvalue weighted by atomic mass is 10.1. The normalized spacial score (nSPS) is 30.4. The molecule has 0 aliphatic carbocycles. The van der Waals surface area contributed by atoms with Crippen LogP contribution >= 0.6 is 0 Å². The zero-order valence-corrected chi connectivity index (χ0v) is 8.28. The average molecular weight is 217 g/mol. The SMILES string of the molecule is CC1C(N)c2cc(F)c(F)cc2S1=O. The van der Waals surface area contributed by atoms with E-state index in [4.69, 9.17) is 5.73 Å². The zero-order chi connectivity index (χ0) is 10.5. The van der Waals surface area contributed by atoms with Crippen LogP contribution in [0.1, 0.15) is 18.5 Å². The van der Waals surface area contributed by atoms with Gasteiger partial charge in [0.1, 0.15) is 0 Å². The fourth-order valence-corrected chi connectivity index (χ4v) is 3.03. The van der Waals surface area contributed by atoms with Gasteiger partial charge in [0.05, 0.1) is 16.0 Å². The van der Waals surface area contributed by atoms with Crippen molar-refractivity contribution in [1.29, 1.82) is 0 Å². The van der Waals surface area contributed by atoms with E-state index >= 15 is 0 Å². The Kier molecular flexibility index (Phi) is 2.16. The lowest BCUT2D eigenvalue weighted by Crippen LogP contribution is -2.20. The highest BCUT2D eigenvalue weighted by Gasteiger charge is 2.34. The van der Waals surface area contributed by atoms with E-state index in [-0.39, 0.29) is 5.25 Å². The highest BCUT2D eigenvalue weighted by molar-refractivity contribution is 7.86. The van der Waals surface area contributed by atoms with Gasteiger partial charge in [-0.05, 0) is 24.6 Å². The van der Waals surface area contributed by atoms with Gasteiger partial charge in [-0.1, -0.05) is 0 Å². The largest absolute Gasteiger partial charge is 0.323 e. The molecule has 3 unspecified atom stereocenters. The van der Waals surface area contributed by atoms with Crippen LogP contribution in [0, 0.1) is 11.6 Å². The summed E-state index contributed by atoms with van der Waals surface area (Å²) >= 11 is 0. The van der Waals surface area contributed by atoms with Gasteiger partial charge in [-0.15, -0.1) is 0 Å². The molecule has 0 spiro atoms. The Balaban J connectivity index is 2.65. The van der Waals surface area contributed by atoms with E-state index in [0.29, 0.717) is 10.5 Å². The monoisotopic (exact) mass is 217 g/mol. The molecule has 2 nitrogen and oxygen atoms in total. The molecule has 76 valence electrons. The fraction of sp³-hybridized carbons (Fsp3) is 0.333. The van der Waals surface area contributed by atoms with Gasteiger partial charge < -0.3 is 5.73 Å². The molecule has 3 atom stereocenters. The highest BCUT2D eigenvalue weighted by atomic mass is 32.2. The molecule has 1 aromatic rings. The van der Waals surface area contributed by atoms with Gasteiger partial charge in [0.25, 0.3) is 0 Å². The summed E-state index contributed by atoms with van der Waals surface area (Å²) in [5, 5.41) is -0.286. The van der Waals surface area contributed by atoms with Gasteiger partial charge in [-0.3, -0.25) is 4.21 Å². The first-order chi connectivity index (χ1) is 6.52. The van der Waals surface area contributed by atoms with Crippen molar-refractivity contribution in [3.05, 3.63) is 29.3 Å². The fourth-order valence-electron chi connectivity index (χ4n) is 1.56. The summed E-state index contributed by atoms with van der Waals surface area (Å²) in [5.74, 6) is -1.91. The highest BCUT2D eigenvalue weighted by Crippen LogP contribution is 2.35. The van der Waals surface area contributed by atoms with Gasteiger partial charge in [-0.25, -0.2) is 8.78 Å². The Hall–Kier alpha value is -0.810. The number of rotatable bonds is 0. The van der Waals surface area contributed by atoms with Gasteiger partial charge in [0.15, 0.2) is 11.6 Å². The topological polar surface area (TPSA) is 43.1 Å². The molecule has 1 heterocycles. The molecule has 2 rings (SSSR count). The van der Waals surface area contributed by atoms with Crippen LogP contribution in [0.2, 0.25) is 0 Å². The van der Waals surface area contributed by atoms with Crippen molar-refractivity contribution in [3.63, 3.8) is 0 Å². The second-order valence-electron chi connectivity index (χ2n) is 3.33. The van der Waals surface area contributed by atoms with Crippen molar-refractivity contribution >= 4 is 10.8 Å². The summed E-state index contributed by atoms with van der Waals surface area (Å²) in [6, 6.07) is 1.54. The van der Waals surface area contributed by atoms with E-state index in [2.05, 4.69) is 0 Å². The van der Waals surface area contributed by atoms with E-state index in [0.717, 1.165) is 12.1 Å². The maximum absolute atomic E-state index is 12.9. The first kappa shape index (κ1) is 9.73. The number of fused-ring (bicyclic) bond motifs is 1. The van der Waals surface area contributed by atoms with E-state index in [1.165, 1.54) is 0 Å². The molecule has 5 heteroatoms. The summed E-state index contributed by atoms with van der Waals surface area (Å²) in [6.45, 7) is 1.70. The second kappa shape index (κ2) is 3.10. The first-order valence-corrected chi connectivity index (χ1v) is 5.38. The molecular weight excluding hydrogens is 208 g/mol. The van der Waals surface area contributed by atoms with E-state index in [1.807, 2.05) is 0 Å². The summed E-state index contributed by atoms with van der Waals surface area (Å²) in [5.41, 5.74) is 6.17. The third-order valence-electron chi connectivity index (χ3n) is 2.47. The average Bonchev–Trinajstić information content (AvgIpc) is 2.34. The first-order valence-electron chi connectivity index (χ1n) is 4.17. The lowest BCUT2D eigenvalue weighted by molar-refractivity contribution is 0.502. The van der Waals surface area contributed by atoms with Crippen LogP contribution in [-0.2, 0) is 10.8 Å². The molecule has 14 heavy (non-hydrogen) atoms. The molecule has 0 amide bonds. The Morgan fingerprint density at radius 1 is 1.36 bits per heavy atom. The summed E-state index contributed by atoms with van der Waals surface area (Å²) in [4.78, 5) is 0.323. The summed E-state index contributed by atoms with van der Waals surface area (Å²) in [6.07, 6.45) is 0. The maximum atomic E-state index is 12.9. The van der Waals surface area contributed by atoms with E-state index < -0.39 is 28.5 Å².